The highest BCUT2D eigenvalue weighted by atomic mass is 16.3. The van der Waals surface area contributed by atoms with E-state index in [0.29, 0.717) is 17.9 Å². The van der Waals surface area contributed by atoms with E-state index in [4.69, 9.17) is 0 Å². The SMILES string of the molecule is CCC(O)C(O)CC(O)c1ccc2c(c1)CC2.CN(C)C(=O)Nc1ncnc2[nH]ccc12. The van der Waals surface area contributed by atoms with Gasteiger partial charge in [-0.3, -0.25) is 5.32 Å². The van der Waals surface area contributed by atoms with Gasteiger partial charge in [-0.2, -0.15) is 0 Å². The van der Waals surface area contributed by atoms with Crippen LogP contribution in [-0.4, -0.2) is 67.5 Å². The number of hydrogen-bond acceptors (Lipinski definition) is 6. The summed E-state index contributed by atoms with van der Waals surface area (Å²) in [5.74, 6) is 0.514. The number of aliphatic hydroxyl groups excluding tert-OH is 3. The summed E-state index contributed by atoms with van der Waals surface area (Å²) in [6.45, 7) is 1.81. The molecule has 1 aliphatic rings. The minimum atomic E-state index is -0.860. The molecule has 0 radical (unpaired) electrons. The molecule has 2 heterocycles. The molecular formula is C23H31N5O4. The molecule has 3 aromatic rings. The lowest BCUT2D eigenvalue weighted by Gasteiger charge is -2.23. The molecule has 0 spiro atoms. The van der Waals surface area contributed by atoms with Crippen LogP contribution in [0.1, 0.15) is 42.6 Å². The standard InChI is InChI=1S/C14H20O3.C9H11N5O/c1-2-12(15)14(17)8-13(16)11-6-4-9-3-5-10(9)7-11;1-14(2)9(15)13-8-6-3-4-10-7(6)11-5-12-8/h4,6-7,12-17H,2-3,5,8H2,1H3;3-5H,1-2H3,(H2,10,11,12,13,15). The van der Waals surface area contributed by atoms with E-state index in [1.54, 1.807) is 20.3 Å². The number of aryl methyl sites for hydroxylation is 2. The van der Waals surface area contributed by atoms with E-state index in [1.807, 2.05) is 31.2 Å². The molecule has 4 rings (SSSR count). The third-order valence-electron chi connectivity index (χ3n) is 5.59. The van der Waals surface area contributed by atoms with Gasteiger partial charge in [-0.15, -0.1) is 0 Å². The molecule has 0 bridgehead atoms. The number of amides is 2. The van der Waals surface area contributed by atoms with Crippen molar-refractivity contribution in [2.45, 2.75) is 50.9 Å². The summed E-state index contributed by atoms with van der Waals surface area (Å²) in [7, 11) is 3.34. The first-order valence-electron chi connectivity index (χ1n) is 10.7. The third-order valence-corrected chi connectivity index (χ3v) is 5.59. The van der Waals surface area contributed by atoms with Crippen LogP contribution >= 0.6 is 0 Å². The van der Waals surface area contributed by atoms with Crippen LogP contribution in [0.15, 0.2) is 36.8 Å². The molecule has 2 aromatic heterocycles. The highest BCUT2D eigenvalue weighted by Gasteiger charge is 2.21. The molecule has 9 heteroatoms. The molecule has 0 fully saturated rings. The number of carbonyl (C=O) groups excluding carboxylic acids is 1. The van der Waals surface area contributed by atoms with Gasteiger partial charge in [-0.1, -0.05) is 25.1 Å². The second-order valence-electron chi connectivity index (χ2n) is 8.11. The number of carbonyl (C=O) groups is 1. The number of H-pyrrole nitrogens is 1. The topological polar surface area (TPSA) is 135 Å². The van der Waals surface area contributed by atoms with Crippen LogP contribution < -0.4 is 5.32 Å². The summed E-state index contributed by atoms with van der Waals surface area (Å²) >= 11 is 0. The molecule has 9 nitrogen and oxygen atoms in total. The Balaban J connectivity index is 0.000000182. The van der Waals surface area contributed by atoms with E-state index >= 15 is 0 Å². The molecule has 0 saturated heterocycles. The Morgan fingerprint density at radius 2 is 1.88 bits per heavy atom. The average Bonchev–Trinajstić information content (AvgIpc) is 3.24. The van der Waals surface area contributed by atoms with Crippen molar-refractivity contribution >= 4 is 22.9 Å². The first-order chi connectivity index (χ1) is 15.3. The number of urea groups is 1. The van der Waals surface area contributed by atoms with Crippen LogP contribution in [0.2, 0.25) is 0 Å². The molecule has 3 unspecified atom stereocenters. The van der Waals surface area contributed by atoms with Gasteiger partial charge >= 0.3 is 6.03 Å². The number of aromatic amines is 1. The zero-order valence-electron chi connectivity index (χ0n) is 18.6. The highest BCUT2D eigenvalue weighted by molar-refractivity contribution is 5.97. The summed E-state index contributed by atoms with van der Waals surface area (Å²) in [5, 5.41) is 32.6. The number of hydrogen-bond donors (Lipinski definition) is 5. The van der Waals surface area contributed by atoms with Crippen LogP contribution in [0.25, 0.3) is 11.0 Å². The number of benzene rings is 1. The number of nitrogens with zero attached hydrogens (tertiary/aromatic N) is 3. The molecule has 172 valence electrons. The van der Waals surface area contributed by atoms with E-state index < -0.39 is 18.3 Å². The summed E-state index contributed by atoms with van der Waals surface area (Å²) in [4.78, 5) is 23.8. The van der Waals surface area contributed by atoms with E-state index in [1.165, 1.54) is 22.4 Å². The summed E-state index contributed by atoms with van der Waals surface area (Å²) in [6.07, 6.45) is 3.74. The number of fused-ring (bicyclic) bond motifs is 2. The largest absolute Gasteiger partial charge is 0.390 e. The van der Waals surface area contributed by atoms with Crippen molar-refractivity contribution in [3.05, 3.63) is 53.5 Å². The Bertz CT molecular complexity index is 1050. The van der Waals surface area contributed by atoms with Gasteiger partial charge in [0.15, 0.2) is 0 Å². The predicted octanol–water partition coefficient (Wildman–Crippen LogP) is 2.39. The maximum Gasteiger partial charge on any atom is 0.322 e. The lowest BCUT2D eigenvalue weighted by molar-refractivity contribution is -0.0138. The maximum atomic E-state index is 11.4. The fourth-order valence-corrected chi connectivity index (χ4v) is 3.40. The zero-order chi connectivity index (χ0) is 23.3. The lowest BCUT2D eigenvalue weighted by Crippen LogP contribution is -2.27. The molecule has 5 N–H and O–H groups in total. The van der Waals surface area contributed by atoms with Crippen molar-refractivity contribution in [3.8, 4) is 0 Å². The summed E-state index contributed by atoms with van der Waals surface area (Å²) in [6, 6.07) is 7.57. The number of nitrogens with one attached hydrogen (secondary N) is 2. The van der Waals surface area contributed by atoms with Crippen LogP contribution in [0.3, 0.4) is 0 Å². The molecule has 1 aromatic carbocycles. The molecule has 0 saturated carbocycles. The van der Waals surface area contributed by atoms with Crippen LogP contribution in [0, 0.1) is 0 Å². The van der Waals surface area contributed by atoms with Gasteiger partial charge < -0.3 is 25.2 Å². The third kappa shape index (κ3) is 5.61. The Morgan fingerprint density at radius 3 is 2.50 bits per heavy atom. The van der Waals surface area contributed by atoms with Crippen LogP contribution in [-0.2, 0) is 12.8 Å². The van der Waals surface area contributed by atoms with E-state index in [9.17, 15) is 20.1 Å². The van der Waals surface area contributed by atoms with Gasteiger partial charge in [0.1, 0.15) is 17.8 Å². The van der Waals surface area contributed by atoms with Crippen molar-refractivity contribution in [1.82, 2.24) is 19.9 Å². The van der Waals surface area contributed by atoms with Gasteiger partial charge in [0, 0.05) is 26.7 Å². The molecule has 1 aliphatic carbocycles. The molecular weight excluding hydrogens is 410 g/mol. The first-order valence-corrected chi connectivity index (χ1v) is 10.7. The molecule has 3 atom stereocenters. The highest BCUT2D eigenvalue weighted by Crippen LogP contribution is 2.28. The Labute approximate surface area is 187 Å². The first kappa shape index (κ1) is 23.6. The average molecular weight is 442 g/mol. The minimum absolute atomic E-state index is 0.188. The fourth-order valence-electron chi connectivity index (χ4n) is 3.40. The van der Waals surface area contributed by atoms with Crippen molar-refractivity contribution in [3.63, 3.8) is 0 Å². The van der Waals surface area contributed by atoms with Gasteiger partial charge in [-0.05, 0) is 42.0 Å². The van der Waals surface area contributed by atoms with Gasteiger partial charge in [0.05, 0.1) is 23.7 Å². The quantitative estimate of drug-likeness (QED) is 0.399. The minimum Gasteiger partial charge on any atom is -0.390 e. The van der Waals surface area contributed by atoms with Crippen LogP contribution in [0.5, 0.6) is 0 Å². The van der Waals surface area contributed by atoms with Crippen molar-refractivity contribution in [2.24, 2.45) is 0 Å². The predicted molar refractivity (Wildman–Crippen MR) is 122 cm³/mol. The van der Waals surface area contributed by atoms with Gasteiger partial charge in [-0.25, -0.2) is 14.8 Å². The zero-order valence-corrected chi connectivity index (χ0v) is 18.6. The van der Waals surface area contributed by atoms with E-state index in [2.05, 4.69) is 20.3 Å². The molecule has 32 heavy (non-hydrogen) atoms. The van der Waals surface area contributed by atoms with Crippen molar-refractivity contribution in [1.29, 1.82) is 0 Å². The van der Waals surface area contributed by atoms with E-state index in [0.717, 1.165) is 23.8 Å². The Morgan fingerprint density at radius 1 is 1.12 bits per heavy atom. The Hall–Kier alpha value is -3.01. The van der Waals surface area contributed by atoms with E-state index in [-0.39, 0.29) is 12.5 Å². The number of aliphatic hydroxyl groups is 3. The molecule has 0 aliphatic heterocycles. The van der Waals surface area contributed by atoms with Crippen molar-refractivity contribution in [2.75, 3.05) is 19.4 Å². The second-order valence-corrected chi connectivity index (χ2v) is 8.11. The van der Waals surface area contributed by atoms with Crippen LogP contribution in [0.4, 0.5) is 10.6 Å². The maximum absolute atomic E-state index is 11.4. The van der Waals surface area contributed by atoms with Gasteiger partial charge in [0.25, 0.3) is 0 Å². The summed E-state index contributed by atoms with van der Waals surface area (Å²) in [5.41, 5.74) is 4.20. The number of rotatable bonds is 6. The summed E-state index contributed by atoms with van der Waals surface area (Å²) < 4.78 is 0. The fraction of sp³-hybridized carbons (Fsp3) is 0.435. The monoisotopic (exact) mass is 441 g/mol. The normalized spacial score (nSPS) is 14.9. The van der Waals surface area contributed by atoms with Gasteiger partial charge in [0.2, 0.25) is 0 Å². The van der Waals surface area contributed by atoms with Crippen molar-refractivity contribution < 1.29 is 20.1 Å². The number of aromatic nitrogens is 3. The Kier molecular flexibility index (Phi) is 7.79. The molecule has 2 amide bonds. The number of anilines is 1. The second kappa shape index (κ2) is 10.5. The smallest absolute Gasteiger partial charge is 0.322 e. The lowest BCUT2D eigenvalue weighted by atomic mass is 9.85.